The molecular weight excluding hydrogens is 334 g/mol. The van der Waals surface area contributed by atoms with E-state index in [1.165, 1.54) is 0 Å². The Morgan fingerprint density at radius 3 is 1.60 bits per heavy atom. The maximum Gasteiger partial charge on any atom is 0.459 e. The minimum absolute atomic E-state index is 0.417. The van der Waals surface area contributed by atoms with Gasteiger partial charge in [-0.15, -0.1) is 0 Å². The van der Waals surface area contributed by atoms with Crippen LogP contribution in [0, 0.1) is 0 Å². The third-order valence-electron chi connectivity index (χ3n) is 1.90. The Hall–Kier alpha value is -0.480. The van der Waals surface area contributed by atoms with Crippen LogP contribution in [0.5, 0.6) is 0 Å². The molecule has 2 unspecified atom stereocenters. The van der Waals surface area contributed by atoms with Gasteiger partial charge in [0.25, 0.3) is 0 Å². The number of alkyl halides is 9. The highest BCUT2D eigenvalue weighted by Gasteiger charge is 2.84. The van der Waals surface area contributed by atoms with Crippen LogP contribution in [0.2, 0.25) is 0 Å². The van der Waals surface area contributed by atoms with E-state index in [4.69, 9.17) is 4.89 Å². The molecule has 0 aliphatic heterocycles. The van der Waals surface area contributed by atoms with Crippen LogP contribution in [0.1, 0.15) is 13.3 Å². The maximum atomic E-state index is 13.2. The van der Waals surface area contributed by atoms with Gasteiger partial charge in [0.1, 0.15) is 0 Å². The zero-order valence-electron chi connectivity index (χ0n) is 9.53. The van der Waals surface area contributed by atoms with E-state index < -0.39 is 44.3 Å². The number of halogens is 9. The Morgan fingerprint density at radius 1 is 0.950 bits per heavy atom. The summed E-state index contributed by atoms with van der Waals surface area (Å²) in [7, 11) is -5.65. The standard InChI is InChI=1S/C7H8F9O3P/c1-2-3-20(17,18)19-5(10,7(14,15)16)4(8,9)6(11,12)13/h2-3H2,1H3,(H,17,18). The van der Waals surface area contributed by atoms with E-state index in [2.05, 4.69) is 4.52 Å². The lowest BCUT2D eigenvalue weighted by atomic mass is 10.1. The Morgan fingerprint density at radius 2 is 1.35 bits per heavy atom. The first-order valence-corrected chi connectivity index (χ1v) is 6.51. The molecule has 0 bridgehead atoms. The lowest BCUT2D eigenvalue weighted by Gasteiger charge is -2.35. The summed E-state index contributed by atoms with van der Waals surface area (Å²) in [5.74, 6) is -13.7. The molecule has 0 aromatic heterocycles. The van der Waals surface area contributed by atoms with Gasteiger partial charge in [0.2, 0.25) is 0 Å². The lowest BCUT2D eigenvalue weighted by molar-refractivity contribution is -0.433. The monoisotopic (exact) mass is 342 g/mol. The van der Waals surface area contributed by atoms with Gasteiger partial charge in [-0.2, -0.15) is 39.5 Å². The highest BCUT2D eigenvalue weighted by Crippen LogP contribution is 2.60. The van der Waals surface area contributed by atoms with Gasteiger partial charge in [-0.25, -0.2) is 0 Å². The summed E-state index contributed by atoms with van der Waals surface area (Å²) in [6.45, 7) is 1.08. The summed E-state index contributed by atoms with van der Waals surface area (Å²) in [4.78, 5) is 8.74. The normalized spacial score (nSPS) is 20.4. The highest BCUT2D eigenvalue weighted by atomic mass is 31.2. The van der Waals surface area contributed by atoms with E-state index in [1.54, 1.807) is 0 Å². The molecule has 122 valence electrons. The average molecular weight is 342 g/mol. The van der Waals surface area contributed by atoms with Crippen molar-refractivity contribution in [2.24, 2.45) is 0 Å². The van der Waals surface area contributed by atoms with E-state index in [0.717, 1.165) is 6.92 Å². The van der Waals surface area contributed by atoms with Gasteiger partial charge in [0.15, 0.2) is 0 Å². The molecule has 2 atom stereocenters. The molecule has 1 N–H and O–H groups in total. The molecule has 3 nitrogen and oxygen atoms in total. The Labute approximate surface area is 106 Å². The third-order valence-corrected chi connectivity index (χ3v) is 3.45. The largest absolute Gasteiger partial charge is 0.459 e. The second-order valence-corrected chi connectivity index (χ2v) is 5.52. The zero-order chi connectivity index (χ0) is 16.6. The van der Waals surface area contributed by atoms with Gasteiger partial charge in [0, 0.05) is 6.16 Å². The summed E-state index contributed by atoms with van der Waals surface area (Å²) < 4.78 is 124. The Balaban J connectivity index is 5.87. The van der Waals surface area contributed by atoms with Crippen molar-refractivity contribution < 1.29 is 53.5 Å². The van der Waals surface area contributed by atoms with Crippen molar-refractivity contribution in [2.45, 2.75) is 37.5 Å². The summed E-state index contributed by atoms with van der Waals surface area (Å²) in [6, 6.07) is 0. The van der Waals surface area contributed by atoms with Gasteiger partial charge in [-0.1, -0.05) is 6.92 Å². The first-order chi connectivity index (χ1) is 8.52. The van der Waals surface area contributed by atoms with E-state index >= 15 is 0 Å². The first kappa shape index (κ1) is 19.5. The maximum absolute atomic E-state index is 13.2. The molecule has 20 heavy (non-hydrogen) atoms. The molecule has 0 aromatic carbocycles. The highest BCUT2D eigenvalue weighted by molar-refractivity contribution is 7.52. The van der Waals surface area contributed by atoms with Crippen LogP contribution in [0.25, 0.3) is 0 Å². The Bertz CT molecular complexity index is 390. The fraction of sp³-hybridized carbons (Fsp3) is 1.00. The number of hydrogen-bond donors (Lipinski definition) is 1. The molecular formula is C7H8F9O3P. The minimum atomic E-state index is -7.07. The van der Waals surface area contributed by atoms with E-state index in [9.17, 15) is 44.1 Å². The van der Waals surface area contributed by atoms with Crippen molar-refractivity contribution in [1.82, 2.24) is 0 Å². The van der Waals surface area contributed by atoms with E-state index in [-0.39, 0.29) is 0 Å². The SMILES string of the molecule is CCCP(=O)(O)OC(F)(C(F)(F)F)C(F)(F)C(F)(F)F. The molecule has 0 aromatic rings. The van der Waals surface area contributed by atoms with Crippen LogP contribution in [-0.2, 0) is 9.09 Å². The second kappa shape index (κ2) is 5.38. The van der Waals surface area contributed by atoms with Gasteiger partial charge in [-0.3, -0.25) is 9.09 Å². The van der Waals surface area contributed by atoms with Crippen LogP contribution in [0.4, 0.5) is 39.5 Å². The summed E-state index contributed by atoms with van der Waals surface area (Å²) in [5.41, 5.74) is 0. The molecule has 0 spiro atoms. The van der Waals surface area contributed by atoms with Crippen molar-refractivity contribution in [1.29, 1.82) is 0 Å². The van der Waals surface area contributed by atoms with E-state index in [0.29, 0.717) is 0 Å². The third kappa shape index (κ3) is 3.59. The molecule has 0 aliphatic carbocycles. The number of rotatable bonds is 5. The lowest BCUT2D eigenvalue weighted by Crippen LogP contribution is -2.63. The number of hydrogen-bond acceptors (Lipinski definition) is 2. The minimum Gasteiger partial charge on any atom is -0.324 e. The summed E-state index contributed by atoms with van der Waals surface area (Å²) >= 11 is 0. The smallest absolute Gasteiger partial charge is 0.324 e. The fourth-order valence-corrected chi connectivity index (χ4v) is 2.26. The molecule has 13 heteroatoms. The summed E-state index contributed by atoms with van der Waals surface area (Å²) in [5, 5.41) is 0. The predicted octanol–water partition coefficient (Wildman–Crippen LogP) is 4.02. The van der Waals surface area contributed by atoms with Crippen molar-refractivity contribution in [2.75, 3.05) is 6.16 Å². The van der Waals surface area contributed by atoms with Gasteiger partial charge < -0.3 is 4.89 Å². The molecule has 0 saturated heterocycles. The predicted molar refractivity (Wildman–Crippen MR) is 47.0 cm³/mol. The van der Waals surface area contributed by atoms with Crippen molar-refractivity contribution >= 4 is 7.60 Å². The van der Waals surface area contributed by atoms with Crippen LogP contribution >= 0.6 is 7.60 Å². The van der Waals surface area contributed by atoms with E-state index in [1.807, 2.05) is 0 Å². The van der Waals surface area contributed by atoms with Crippen LogP contribution in [-0.4, -0.2) is 35.2 Å². The molecule has 0 rings (SSSR count). The molecule has 0 fully saturated rings. The van der Waals surface area contributed by atoms with Gasteiger partial charge >= 0.3 is 31.7 Å². The van der Waals surface area contributed by atoms with Gasteiger partial charge in [0.05, 0.1) is 0 Å². The van der Waals surface area contributed by atoms with Crippen LogP contribution < -0.4 is 0 Å². The molecule has 0 radical (unpaired) electrons. The zero-order valence-corrected chi connectivity index (χ0v) is 10.4. The van der Waals surface area contributed by atoms with Crippen molar-refractivity contribution in [3.63, 3.8) is 0 Å². The van der Waals surface area contributed by atoms with Gasteiger partial charge in [-0.05, 0) is 6.42 Å². The quantitative estimate of drug-likeness (QED) is 0.606. The molecule has 0 heterocycles. The van der Waals surface area contributed by atoms with Crippen molar-refractivity contribution in [3.05, 3.63) is 0 Å². The average Bonchev–Trinajstić information content (AvgIpc) is 2.12. The van der Waals surface area contributed by atoms with Crippen molar-refractivity contribution in [3.8, 4) is 0 Å². The molecule has 0 amide bonds. The second-order valence-electron chi connectivity index (χ2n) is 3.62. The topological polar surface area (TPSA) is 46.5 Å². The molecule has 0 aliphatic rings. The van der Waals surface area contributed by atoms with Crippen LogP contribution in [0.15, 0.2) is 0 Å². The Kier molecular flexibility index (Phi) is 5.25. The summed E-state index contributed by atoms with van der Waals surface area (Å²) in [6.07, 6.45) is -15.5. The first-order valence-electron chi connectivity index (χ1n) is 4.74. The molecule has 0 saturated carbocycles. The fourth-order valence-electron chi connectivity index (χ4n) is 0.994. The van der Waals surface area contributed by atoms with Crippen LogP contribution in [0.3, 0.4) is 0 Å².